The Bertz CT molecular complexity index is 415. The molecule has 4 nitrogen and oxygen atoms in total. The summed E-state index contributed by atoms with van der Waals surface area (Å²) in [4.78, 5) is 0. The lowest BCUT2D eigenvalue weighted by Crippen LogP contribution is -2.16. The largest absolute Gasteiger partial charge is 0.330 e. The van der Waals surface area contributed by atoms with Crippen LogP contribution >= 0.6 is 0 Å². The molecule has 1 aromatic carbocycles. The lowest BCUT2D eigenvalue weighted by atomic mass is 10.1. The number of nitrogens with two attached hydrogens (primary N) is 1. The van der Waals surface area contributed by atoms with Gasteiger partial charge in [-0.1, -0.05) is 12.1 Å². The summed E-state index contributed by atoms with van der Waals surface area (Å²) in [7, 11) is -4.20. The fourth-order valence-electron chi connectivity index (χ4n) is 1.32. The minimum Gasteiger partial charge on any atom is -0.330 e. The Balaban J connectivity index is 3.05. The molecule has 0 aliphatic rings. The maximum Gasteiger partial charge on any atom is 0.272 e. The van der Waals surface area contributed by atoms with E-state index in [9.17, 15) is 12.8 Å². The molecule has 0 bridgehead atoms. The maximum absolute atomic E-state index is 12.6. The molecule has 0 amide bonds. The zero-order valence-corrected chi connectivity index (χ0v) is 8.74. The fourth-order valence-corrected chi connectivity index (χ4v) is 2.25. The van der Waals surface area contributed by atoms with Gasteiger partial charge in [-0.2, -0.15) is 8.42 Å². The van der Waals surface area contributed by atoms with E-state index in [1.165, 1.54) is 12.1 Å². The summed E-state index contributed by atoms with van der Waals surface area (Å²) < 4.78 is 43.6. The first-order valence-electron chi connectivity index (χ1n) is 4.37. The minimum absolute atomic E-state index is 0.102. The van der Waals surface area contributed by atoms with Crippen molar-refractivity contribution in [1.82, 2.24) is 0 Å². The zero-order chi connectivity index (χ0) is 11.5. The zero-order valence-electron chi connectivity index (χ0n) is 7.93. The average Bonchev–Trinajstić information content (AvgIpc) is 2.14. The van der Waals surface area contributed by atoms with Crippen molar-refractivity contribution in [2.45, 2.75) is 11.7 Å². The van der Waals surface area contributed by atoms with Crippen molar-refractivity contribution in [2.75, 3.05) is 6.54 Å². The number of halogens is 1. The Labute approximate surface area is 87.7 Å². The molecule has 0 spiro atoms. The summed E-state index contributed by atoms with van der Waals surface area (Å²) in [5.41, 5.74) is 5.58. The second-order valence-corrected chi connectivity index (χ2v) is 4.73. The summed E-state index contributed by atoms with van der Waals surface area (Å²) in [6.45, 7) is 0.127. The molecule has 0 saturated carbocycles. The molecule has 1 aromatic rings. The first-order chi connectivity index (χ1) is 6.95. The minimum atomic E-state index is -4.20. The van der Waals surface area contributed by atoms with Crippen LogP contribution in [0.15, 0.2) is 24.3 Å². The molecule has 84 valence electrons. The molecule has 1 rings (SSSR count). The second-order valence-electron chi connectivity index (χ2n) is 3.13. The van der Waals surface area contributed by atoms with Gasteiger partial charge in [0.05, 0.1) is 0 Å². The summed E-state index contributed by atoms with van der Waals surface area (Å²) in [6, 6.07) is 4.93. The topological polar surface area (TPSA) is 80.4 Å². The van der Waals surface area contributed by atoms with Crippen LogP contribution in [0.1, 0.15) is 17.2 Å². The number of rotatable bonds is 4. The molecular formula is C9H12FNO3S. The highest BCUT2D eigenvalue weighted by Gasteiger charge is 2.23. The number of hydrogen-bond acceptors (Lipinski definition) is 3. The molecule has 0 fully saturated rings. The first kappa shape index (κ1) is 12.1. The van der Waals surface area contributed by atoms with Gasteiger partial charge in [-0.25, -0.2) is 4.39 Å². The molecule has 3 N–H and O–H groups in total. The van der Waals surface area contributed by atoms with Gasteiger partial charge in [0, 0.05) is 0 Å². The van der Waals surface area contributed by atoms with Crippen molar-refractivity contribution in [3.8, 4) is 0 Å². The van der Waals surface area contributed by atoms with Gasteiger partial charge in [0.15, 0.2) is 0 Å². The smallest absolute Gasteiger partial charge is 0.272 e. The fraction of sp³-hybridized carbons (Fsp3) is 0.333. The molecule has 0 aliphatic heterocycles. The molecule has 1 unspecified atom stereocenters. The Hall–Kier alpha value is -0.980. The van der Waals surface area contributed by atoms with E-state index in [1.54, 1.807) is 0 Å². The summed E-state index contributed by atoms with van der Waals surface area (Å²) in [5, 5.41) is -1.08. The third kappa shape index (κ3) is 3.26. The van der Waals surface area contributed by atoms with Gasteiger partial charge in [0.2, 0.25) is 0 Å². The SMILES string of the molecule is NCCC(c1ccc(F)cc1)S(=O)(=O)O. The Morgan fingerprint density at radius 2 is 1.87 bits per heavy atom. The average molecular weight is 233 g/mol. The van der Waals surface area contributed by atoms with Gasteiger partial charge in [-0.05, 0) is 30.7 Å². The van der Waals surface area contributed by atoms with Crippen LogP contribution in [0.5, 0.6) is 0 Å². The molecule has 6 heteroatoms. The van der Waals surface area contributed by atoms with E-state index < -0.39 is 21.2 Å². The highest BCUT2D eigenvalue weighted by molar-refractivity contribution is 7.86. The van der Waals surface area contributed by atoms with Crippen LogP contribution in [-0.2, 0) is 10.1 Å². The predicted molar refractivity (Wildman–Crippen MR) is 54.4 cm³/mol. The lowest BCUT2D eigenvalue weighted by molar-refractivity contribution is 0.464. The van der Waals surface area contributed by atoms with Crippen molar-refractivity contribution in [3.05, 3.63) is 35.6 Å². The van der Waals surface area contributed by atoms with Gasteiger partial charge in [-0.15, -0.1) is 0 Å². The summed E-state index contributed by atoms with van der Waals surface area (Å²) in [6.07, 6.45) is 0.102. The third-order valence-corrected chi connectivity index (χ3v) is 3.26. The van der Waals surface area contributed by atoms with Crippen LogP contribution in [0.3, 0.4) is 0 Å². The van der Waals surface area contributed by atoms with E-state index in [0.29, 0.717) is 5.56 Å². The Kier molecular flexibility index (Phi) is 3.78. The van der Waals surface area contributed by atoms with Crippen molar-refractivity contribution in [1.29, 1.82) is 0 Å². The van der Waals surface area contributed by atoms with Crippen LogP contribution in [0, 0.1) is 5.82 Å². The summed E-state index contributed by atoms with van der Waals surface area (Å²) >= 11 is 0. The van der Waals surface area contributed by atoms with Gasteiger partial charge in [-0.3, -0.25) is 4.55 Å². The van der Waals surface area contributed by atoms with Gasteiger partial charge < -0.3 is 5.73 Å². The van der Waals surface area contributed by atoms with Crippen LogP contribution in [-0.4, -0.2) is 19.5 Å². The molecule has 0 radical (unpaired) electrons. The van der Waals surface area contributed by atoms with Crippen LogP contribution in [0.25, 0.3) is 0 Å². The van der Waals surface area contributed by atoms with E-state index in [2.05, 4.69) is 0 Å². The van der Waals surface area contributed by atoms with E-state index in [0.717, 1.165) is 12.1 Å². The predicted octanol–water partition coefficient (Wildman–Crippen LogP) is 1.10. The highest BCUT2D eigenvalue weighted by atomic mass is 32.2. The quantitative estimate of drug-likeness (QED) is 0.763. The second kappa shape index (κ2) is 4.69. The lowest BCUT2D eigenvalue weighted by Gasteiger charge is -2.12. The summed E-state index contributed by atoms with van der Waals surface area (Å²) in [5.74, 6) is -0.458. The van der Waals surface area contributed by atoms with E-state index in [4.69, 9.17) is 10.3 Å². The normalized spacial score (nSPS) is 13.8. The standard InChI is InChI=1S/C9H12FNO3S/c10-8-3-1-7(2-4-8)9(5-6-11)15(12,13)14/h1-4,9H,5-6,11H2,(H,12,13,14). The Morgan fingerprint density at radius 1 is 1.33 bits per heavy atom. The van der Waals surface area contributed by atoms with Crippen LogP contribution < -0.4 is 5.73 Å². The van der Waals surface area contributed by atoms with Crippen LogP contribution in [0.4, 0.5) is 4.39 Å². The molecule has 0 saturated heterocycles. The molecule has 0 aromatic heterocycles. The first-order valence-corrected chi connectivity index (χ1v) is 5.87. The van der Waals surface area contributed by atoms with Gasteiger partial charge in [0.25, 0.3) is 10.1 Å². The van der Waals surface area contributed by atoms with E-state index in [1.807, 2.05) is 0 Å². The van der Waals surface area contributed by atoms with E-state index >= 15 is 0 Å². The van der Waals surface area contributed by atoms with Crippen LogP contribution in [0.2, 0.25) is 0 Å². The van der Waals surface area contributed by atoms with Crippen molar-refractivity contribution in [3.63, 3.8) is 0 Å². The Morgan fingerprint density at radius 3 is 2.27 bits per heavy atom. The molecule has 15 heavy (non-hydrogen) atoms. The van der Waals surface area contributed by atoms with E-state index in [-0.39, 0.29) is 13.0 Å². The van der Waals surface area contributed by atoms with Crippen molar-refractivity contribution >= 4 is 10.1 Å². The van der Waals surface area contributed by atoms with Crippen molar-refractivity contribution < 1.29 is 17.4 Å². The van der Waals surface area contributed by atoms with Gasteiger partial charge >= 0.3 is 0 Å². The third-order valence-electron chi connectivity index (χ3n) is 2.03. The van der Waals surface area contributed by atoms with Gasteiger partial charge in [0.1, 0.15) is 11.1 Å². The monoisotopic (exact) mass is 233 g/mol. The van der Waals surface area contributed by atoms with Crippen molar-refractivity contribution in [2.24, 2.45) is 5.73 Å². The number of benzene rings is 1. The molecule has 0 heterocycles. The molecule has 1 atom stereocenters. The maximum atomic E-state index is 12.6. The molecule has 0 aliphatic carbocycles. The highest BCUT2D eigenvalue weighted by Crippen LogP contribution is 2.24. The number of hydrogen-bond donors (Lipinski definition) is 2. The molecular weight excluding hydrogens is 221 g/mol.